The molecule has 1 rings (SSSR count). The minimum atomic E-state index is -0.821. The molecule has 82 valence electrons. The monoisotopic (exact) mass is 200 g/mol. The lowest BCUT2D eigenvalue weighted by Gasteiger charge is -2.39. The highest BCUT2D eigenvalue weighted by Gasteiger charge is 2.38. The molecule has 1 amide bonds. The number of amides is 1. The van der Waals surface area contributed by atoms with Crippen molar-refractivity contribution >= 4 is 6.09 Å². The predicted molar refractivity (Wildman–Crippen MR) is 55.4 cm³/mol. The zero-order chi connectivity index (χ0) is 10.9. The molecule has 2 N–H and O–H groups in total. The van der Waals surface area contributed by atoms with Gasteiger partial charge in [0.05, 0.1) is 6.04 Å². The largest absolute Gasteiger partial charge is 0.465 e. The Morgan fingerprint density at radius 1 is 1.43 bits per heavy atom. The van der Waals surface area contributed by atoms with Crippen molar-refractivity contribution in [1.29, 1.82) is 0 Å². The van der Waals surface area contributed by atoms with E-state index in [4.69, 9.17) is 0 Å². The lowest BCUT2D eigenvalue weighted by molar-refractivity contribution is 0.0644. The van der Waals surface area contributed by atoms with Crippen molar-refractivity contribution in [2.45, 2.75) is 39.3 Å². The van der Waals surface area contributed by atoms with Gasteiger partial charge in [0, 0.05) is 12.1 Å². The first-order chi connectivity index (χ1) is 6.34. The van der Waals surface area contributed by atoms with E-state index >= 15 is 0 Å². The molecule has 0 unspecified atom stereocenters. The zero-order valence-electron chi connectivity index (χ0n) is 9.37. The van der Waals surface area contributed by atoms with E-state index in [1.807, 2.05) is 20.8 Å². The standard InChI is InChI=1S/C10H20N2O2/c1-7-5-11-6-8(7)12(9(13)14)10(2,3)4/h7-8,11H,5-6H2,1-4H3,(H,13,14)/t7-,8+/m0/s1. The Labute approximate surface area is 85.3 Å². The molecule has 0 radical (unpaired) electrons. The average Bonchev–Trinajstić information content (AvgIpc) is 2.32. The van der Waals surface area contributed by atoms with E-state index in [0.29, 0.717) is 5.92 Å². The second-order valence-electron chi connectivity index (χ2n) is 5.03. The van der Waals surface area contributed by atoms with Crippen molar-refractivity contribution in [2.24, 2.45) is 5.92 Å². The third-order valence-electron chi connectivity index (χ3n) is 2.74. The molecule has 1 aliphatic heterocycles. The van der Waals surface area contributed by atoms with Gasteiger partial charge in [-0.3, -0.25) is 4.90 Å². The molecule has 0 aromatic heterocycles. The van der Waals surface area contributed by atoms with Crippen molar-refractivity contribution < 1.29 is 9.90 Å². The van der Waals surface area contributed by atoms with Crippen LogP contribution < -0.4 is 5.32 Å². The zero-order valence-corrected chi connectivity index (χ0v) is 9.37. The number of rotatable bonds is 1. The fourth-order valence-electron chi connectivity index (χ4n) is 2.07. The number of hydrogen-bond acceptors (Lipinski definition) is 2. The van der Waals surface area contributed by atoms with E-state index in [-0.39, 0.29) is 11.6 Å². The summed E-state index contributed by atoms with van der Waals surface area (Å²) < 4.78 is 0. The van der Waals surface area contributed by atoms with Gasteiger partial charge in [-0.25, -0.2) is 4.79 Å². The van der Waals surface area contributed by atoms with E-state index in [0.717, 1.165) is 13.1 Å². The molecular formula is C10H20N2O2. The van der Waals surface area contributed by atoms with Crippen LogP contribution in [0, 0.1) is 5.92 Å². The van der Waals surface area contributed by atoms with Crippen molar-refractivity contribution in [3.63, 3.8) is 0 Å². The second kappa shape index (κ2) is 3.77. The quantitative estimate of drug-likeness (QED) is 0.672. The molecule has 0 bridgehead atoms. The van der Waals surface area contributed by atoms with Crippen LogP contribution >= 0.6 is 0 Å². The van der Waals surface area contributed by atoms with Crippen molar-refractivity contribution in [1.82, 2.24) is 10.2 Å². The van der Waals surface area contributed by atoms with Crippen LogP contribution in [0.25, 0.3) is 0 Å². The Kier molecular flexibility index (Phi) is 3.04. The highest BCUT2D eigenvalue weighted by Crippen LogP contribution is 2.24. The molecule has 0 aromatic rings. The maximum absolute atomic E-state index is 11.2. The smallest absolute Gasteiger partial charge is 0.408 e. The molecule has 0 spiro atoms. The van der Waals surface area contributed by atoms with Crippen LogP contribution in [0.4, 0.5) is 4.79 Å². The first-order valence-electron chi connectivity index (χ1n) is 5.07. The number of nitrogens with zero attached hydrogens (tertiary/aromatic N) is 1. The van der Waals surface area contributed by atoms with Gasteiger partial charge in [-0.2, -0.15) is 0 Å². The molecule has 4 nitrogen and oxygen atoms in total. The SMILES string of the molecule is C[C@H]1CNC[C@H]1N(C(=O)O)C(C)(C)C. The van der Waals surface area contributed by atoms with Crippen LogP contribution in [0.5, 0.6) is 0 Å². The summed E-state index contributed by atoms with van der Waals surface area (Å²) in [4.78, 5) is 12.7. The van der Waals surface area contributed by atoms with Gasteiger partial charge in [0.15, 0.2) is 0 Å². The molecule has 1 fully saturated rings. The van der Waals surface area contributed by atoms with Crippen LogP contribution in [0.3, 0.4) is 0 Å². The Morgan fingerprint density at radius 3 is 2.29 bits per heavy atom. The van der Waals surface area contributed by atoms with Crippen LogP contribution in [-0.2, 0) is 0 Å². The van der Waals surface area contributed by atoms with Crippen LogP contribution in [0.15, 0.2) is 0 Å². The predicted octanol–water partition coefficient (Wildman–Crippen LogP) is 1.37. The van der Waals surface area contributed by atoms with Crippen molar-refractivity contribution in [3.05, 3.63) is 0 Å². The normalized spacial score (nSPS) is 27.7. The summed E-state index contributed by atoms with van der Waals surface area (Å²) in [6.45, 7) is 9.58. The summed E-state index contributed by atoms with van der Waals surface area (Å²) in [6.07, 6.45) is -0.821. The summed E-state index contributed by atoms with van der Waals surface area (Å²) in [5, 5.41) is 12.4. The highest BCUT2D eigenvalue weighted by molar-refractivity contribution is 5.66. The second-order valence-corrected chi connectivity index (χ2v) is 5.03. The van der Waals surface area contributed by atoms with Gasteiger partial charge in [0.25, 0.3) is 0 Å². The summed E-state index contributed by atoms with van der Waals surface area (Å²) in [5.41, 5.74) is -0.323. The minimum Gasteiger partial charge on any atom is -0.465 e. The van der Waals surface area contributed by atoms with Gasteiger partial charge in [-0.15, -0.1) is 0 Å². The number of nitrogens with one attached hydrogen (secondary N) is 1. The fourth-order valence-corrected chi connectivity index (χ4v) is 2.07. The molecule has 0 aromatic carbocycles. The Bertz CT molecular complexity index is 223. The number of carbonyl (C=O) groups is 1. The minimum absolute atomic E-state index is 0.104. The molecule has 1 saturated heterocycles. The third-order valence-corrected chi connectivity index (χ3v) is 2.74. The third kappa shape index (κ3) is 2.18. The molecule has 1 aliphatic rings. The van der Waals surface area contributed by atoms with Crippen molar-refractivity contribution in [3.8, 4) is 0 Å². The molecule has 4 heteroatoms. The Morgan fingerprint density at radius 2 is 2.00 bits per heavy atom. The van der Waals surface area contributed by atoms with Gasteiger partial charge < -0.3 is 10.4 Å². The molecule has 2 atom stereocenters. The van der Waals surface area contributed by atoms with E-state index in [2.05, 4.69) is 12.2 Å². The topological polar surface area (TPSA) is 52.6 Å². The maximum Gasteiger partial charge on any atom is 0.408 e. The van der Waals surface area contributed by atoms with Gasteiger partial charge in [0.1, 0.15) is 0 Å². The van der Waals surface area contributed by atoms with Crippen molar-refractivity contribution in [2.75, 3.05) is 13.1 Å². The van der Waals surface area contributed by atoms with E-state index in [1.54, 1.807) is 4.90 Å². The molecular weight excluding hydrogens is 180 g/mol. The van der Waals surface area contributed by atoms with E-state index in [9.17, 15) is 9.90 Å². The number of hydrogen-bond donors (Lipinski definition) is 2. The van der Waals surface area contributed by atoms with Gasteiger partial charge in [0.2, 0.25) is 0 Å². The first kappa shape index (κ1) is 11.3. The lowest BCUT2D eigenvalue weighted by Crippen LogP contribution is -2.53. The number of carboxylic acid groups (broad SMARTS) is 1. The molecule has 0 saturated carbocycles. The molecule has 14 heavy (non-hydrogen) atoms. The van der Waals surface area contributed by atoms with Gasteiger partial charge >= 0.3 is 6.09 Å². The first-order valence-corrected chi connectivity index (χ1v) is 5.07. The van der Waals surface area contributed by atoms with Crippen LogP contribution in [0.2, 0.25) is 0 Å². The van der Waals surface area contributed by atoms with E-state index < -0.39 is 6.09 Å². The summed E-state index contributed by atoms with van der Waals surface area (Å²) >= 11 is 0. The van der Waals surface area contributed by atoms with Gasteiger partial charge in [-0.1, -0.05) is 6.92 Å². The summed E-state index contributed by atoms with van der Waals surface area (Å²) in [7, 11) is 0. The highest BCUT2D eigenvalue weighted by atomic mass is 16.4. The molecule has 1 heterocycles. The maximum atomic E-state index is 11.2. The van der Waals surface area contributed by atoms with Crippen LogP contribution in [-0.4, -0.2) is 40.8 Å². The van der Waals surface area contributed by atoms with Crippen LogP contribution in [0.1, 0.15) is 27.7 Å². The fraction of sp³-hybridized carbons (Fsp3) is 0.900. The Hall–Kier alpha value is -0.770. The summed E-state index contributed by atoms with van der Waals surface area (Å²) in [5.74, 6) is 0.394. The lowest BCUT2D eigenvalue weighted by atomic mass is 9.98. The van der Waals surface area contributed by atoms with Gasteiger partial charge in [-0.05, 0) is 33.2 Å². The Balaban J connectivity index is 2.83. The average molecular weight is 200 g/mol. The summed E-state index contributed by atoms with van der Waals surface area (Å²) in [6, 6.07) is 0.104. The molecule has 0 aliphatic carbocycles. The van der Waals surface area contributed by atoms with E-state index in [1.165, 1.54) is 0 Å².